The van der Waals surface area contributed by atoms with Crippen molar-refractivity contribution < 1.29 is 22.8 Å². The summed E-state index contributed by atoms with van der Waals surface area (Å²) < 4.78 is 23.0. The van der Waals surface area contributed by atoms with Gasteiger partial charge in [0.25, 0.3) is 5.91 Å². The fourth-order valence-corrected chi connectivity index (χ4v) is 2.63. The van der Waals surface area contributed by atoms with Crippen LogP contribution in [0.2, 0.25) is 0 Å². The van der Waals surface area contributed by atoms with E-state index in [1.165, 1.54) is 18.2 Å². The molecular weight excluding hydrogens is 298 g/mol. The number of amides is 4. The molecule has 112 valence electrons. The van der Waals surface area contributed by atoms with Gasteiger partial charge in [0.2, 0.25) is 5.91 Å². The van der Waals surface area contributed by atoms with Gasteiger partial charge in [0.15, 0.2) is 9.84 Å². The zero-order valence-corrected chi connectivity index (χ0v) is 11.9. The number of nitrogens with two attached hydrogens (primary N) is 1. The molecule has 1 saturated heterocycles. The van der Waals surface area contributed by atoms with E-state index in [1.54, 1.807) is 0 Å². The molecule has 0 aromatic heterocycles. The lowest BCUT2D eigenvalue weighted by Crippen LogP contribution is -2.46. The van der Waals surface area contributed by atoms with Crippen LogP contribution in [0.1, 0.15) is 10.4 Å². The van der Waals surface area contributed by atoms with Gasteiger partial charge in [-0.25, -0.2) is 18.1 Å². The molecule has 1 atom stereocenters. The quantitative estimate of drug-likeness (QED) is 0.748. The van der Waals surface area contributed by atoms with Gasteiger partial charge in [-0.1, -0.05) is 6.07 Å². The molecule has 9 heteroatoms. The molecule has 0 aliphatic carbocycles. The Bertz CT molecular complexity index is 728. The Morgan fingerprint density at radius 2 is 2.05 bits per heavy atom. The maximum Gasteiger partial charge on any atom is 0.325 e. The van der Waals surface area contributed by atoms with Crippen molar-refractivity contribution in [3.63, 3.8) is 0 Å². The van der Waals surface area contributed by atoms with Crippen LogP contribution in [0.25, 0.3) is 0 Å². The largest absolute Gasteiger partial charge is 0.368 e. The molecule has 1 unspecified atom stereocenters. The highest BCUT2D eigenvalue weighted by atomic mass is 32.2. The lowest BCUT2D eigenvalue weighted by atomic mass is 10.1. The maximum atomic E-state index is 12.3. The Hall–Kier alpha value is -2.42. The third-order valence-corrected chi connectivity index (χ3v) is 4.14. The molecule has 1 aromatic carbocycles. The number of primary amides is 1. The number of hydrogen-bond acceptors (Lipinski definition) is 5. The third kappa shape index (κ3) is 2.87. The van der Waals surface area contributed by atoms with Gasteiger partial charge in [0.1, 0.15) is 6.04 Å². The van der Waals surface area contributed by atoms with Gasteiger partial charge in [-0.2, -0.15) is 0 Å². The van der Waals surface area contributed by atoms with E-state index in [9.17, 15) is 22.8 Å². The van der Waals surface area contributed by atoms with Crippen molar-refractivity contribution in [1.29, 1.82) is 0 Å². The van der Waals surface area contributed by atoms with E-state index in [0.717, 1.165) is 12.3 Å². The van der Waals surface area contributed by atoms with Crippen LogP contribution in [0.3, 0.4) is 0 Å². The predicted octanol–water partition coefficient (Wildman–Crippen LogP) is -0.891. The second-order valence-electron chi connectivity index (χ2n) is 4.58. The Morgan fingerprint density at radius 1 is 1.38 bits per heavy atom. The average molecular weight is 311 g/mol. The van der Waals surface area contributed by atoms with Crippen molar-refractivity contribution in [1.82, 2.24) is 10.2 Å². The van der Waals surface area contributed by atoms with E-state index < -0.39 is 33.7 Å². The summed E-state index contributed by atoms with van der Waals surface area (Å²) in [6, 6.07) is 3.40. The maximum absolute atomic E-state index is 12.3. The van der Waals surface area contributed by atoms with Gasteiger partial charge >= 0.3 is 6.03 Å². The first-order valence-corrected chi connectivity index (χ1v) is 7.82. The molecule has 0 radical (unpaired) electrons. The minimum absolute atomic E-state index is 0.0128. The van der Waals surface area contributed by atoms with Crippen LogP contribution < -0.4 is 11.1 Å². The van der Waals surface area contributed by atoms with Gasteiger partial charge in [-0.05, 0) is 18.2 Å². The number of nitrogens with one attached hydrogen (secondary N) is 1. The summed E-state index contributed by atoms with van der Waals surface area (Å²) >= 11 is 0. The zero-order chi connectivity index (χ0) is 15.8. The summed E-state index contributed by atoms with van der Waals surface area (Å²) in [6.45, 7) is -0.0638. The van der Waals surface area contributed by atoms with Gasteiger partial charge in [-0.15, -0.1) is 0 Å². The highest BCUT2D eigenvalue weighted by Gasteiger charge is 2.39. The van der Waals surface area contributed by atoms with Crippen LogP contribution in [-0.2, 0) is 14.6 Å². The molecule has 3 N–H and O–H groups in total. The van der Waals surface area contributed by atoms with Gasteiger partial charge in [0, 0.05) is 18.4 Å². The Kier molecular flexibility index (Phi) is 3.69. The van der Waals surface area contributed by atoms with Gasteiger partial charge in [-0.3, -0.25) is 9.59 Å². The second-order valence-corrected chi connectivity index (χ2v) is 6.60. The van der Waals surface area contributed by atoms with E-state index in [2.05, 4.69) is 5.32 Å². The summed E-state index contributed by atoms with van der Waals surface area (Å²) in [5, 5.41) is 2.34. The molecule has 2 rings (SSSR count). The highest BCUT2D eigenvalue weighted by molar-refractivity contribution is 7.90. The number of carbonyl (C=O) groups is 3. The normalized spacial score (nSPS) is 18.4. The standard InChI is InChI=1S/C12H13N3O5S/c1-21(19,20)8-4-2-3-7(5-8)11(17)15-9(10(13)16)6-14-12(15)18/h2-5,9H,6H2,1H3,(H2,13,16)(H,14,18). The fraction of sp³-hybridized carbons (Fsp3) is 0.250. The minimum Gasteiger partial charge on any atom is -0.368 e. The monoisotopic (exact) mass is 311 g/mol. The molecular formula is C12H13N3O5S. The van der Waals surface area contributed by atoms with Crippen molar-refractivity contribution >= 4 is 27.7 Å². The van der Waals surface area contributed by atoms with Crippen molar-refractivity contribution in [2.75, 3.05) is 12.8 Å². The SMILES string of the molecule is CS(=O)(=O)c1cccc(C(=O)N2C(=O)NCC2C(N)=O)c1. The number of nitrogens with zero attached hydrogens (tertiary/aromatic N) is 1. The molecule has 4 amide bonds. The average Bonchev–Trinajstić information content (AvgIpc) is 2.79. The summed E-state index contributed by atoms with van der Waals surface area (Å²) in [5.74, 6) is -1.60. The van der Waals surface area contributed by atoms with Crippen LogP contribution in [0.15, 0.2) is 29.2 Å². The number of urea groups is 1. The Morgan fingerprint density at radius 3 is 2.62 bits per heavy atom. The predicted molar refractivity (Wildman–Crippen MR) is 72.1 cm³/mol. The molecule has 1 aromatic rings. The lowest BCUT2D eigenvalue weighted by Gasteiger charge is -2.18. The zero-order valence-electron chi connectivity index (χ0n) is 11.1. The number of hydrogen-bond donors (Lipinski definition) is 2. The van der Waals surface area contributed by atoms with Gasteiger partial charge in [0.05, 0.1) is 4.90 Å². The van der Waals surface area contributed by atoms with Crippen molar-refractivity contribution in [2.24, 2.45) is 5.73 Å². The summed E-state index contributed by atoms with van der Waals surface area (Å²) in [6.07, 6.45) is 1.01. The fourth-order valence-electron chi connectivity index (χ4n) is 1.96. The van der Waals surface area contributed by atoms with Gasteiger partial charge < -0.3 is 11.1 Å². The summed E-state index contributed by atoms with van der Waals surface area (Å²) in [4.78, 5) is 35.9. The van der Waals surface area contributed by atoms with E-state index in [1.807, 2.05) is 0 Å². The van der Waals surface area contributed by atoms with E-state index >= 15 is 0 Å². The van der Waals surface area contributed by atoms with E-state index in [0.29, 0.717) is 4.90 Å². The molecule has 21 heavy (non-hydrogen) atoms. The molecule has 1 aliphatic rings. The van der Waals surface area contributed by atoms with Crippen LogP contribution >= 0.6 is 0 Å². The number of sulfone groups is 1. The Labute approximate surface area is 120 Å². The summed E-state index contributed by atoms with van der Waals surface area (Å²) in [5.41, 5.74) is 5.13. The Balaban J connectivity index is 2.40. The number of imide groups is 1. The summed E-state index contributed by atoms with van der Waals surface area (Å²) in [7, 11) is -3.49. The number of carbonyl (C=O) groups excluding carboxylic acids is 3. The van der Waals surface area contributed by atoms with Crippen LogP contribution in [0.4, 0.5) is 4.79 Å². The first-order chi connectivity index (χ1) is 9.71. The smallest absolute Gasteiger partial charge is 0.325 e. The topological polar surface area (TPSA) is 127 Å². The minimum atomic E-state index is -3.49. The van der Waals surface area contributed by atoms with Crippen molar-refractivity contribution in [2.45, 2.75) is 10.9 Å². The molecule has 1 aliphatic heterocycles. The molecule has 1 fully saturated rings. The highest BCUT2D eigenvalue weighted by Crippen LogP contribution is 2.16. The number of rotatable bonds is 3. The first-order valence-electron chi connectivity index (χ1n) is 5.92. The third-order valence-electron chi connectivity index (χ3n) is 3.03. The van der Waals surface area contributed by atoms with Crippen LogP contribution in [0.5, 0.6) is 0 Å². The lowest BCUT2D eigenvalue weighted by molar-refractivity contribution is -0.120. The van der Waals surface area contributed by atoms with E-state index in [4.69, 9.17) is 5.73 Å². The second kappa shape index (κ2) is 5.17. The molecule has 8 nitrogen and oxygen atoms in total. The molecule has 1 heterocycles. The van der Waals surface area contributed by atoms with Crippen molar-refractivity contribution in [3.8, 4) is 0 Å². The molecule has 0 saturated carbocycles. The molecule has 0 spiro atoms. The van der Waals surface area contributed by atoms with E-state index in [-0.39, 0.29) is 17.0 Å². The first kappa shape index (κ1) is 15.0. The van der Waals surface area contributed by atoms with Crippen molar-refractivity contribution in [3.05, 3.63) is 29.8 Å². The molecule has 0 bridgehead atoms. The number of benzene rings is 1. The van der Waals surface area contributed by atoms with Crippen LogP contribution in [-0.4, -0.2) is 50.0 Å². The van der Waals surface area contributed by atoms with Crippen LogP contribution in [0, 0.1) is 0 Å².